The van der Waals surface area contributed by atoms with Gasteiger partial charge in [0, 0.05) is 97.5 Å². The van der Waals surface area contributed by atoms with Crippen LogP contribution >= 0.6 is 0 Å². The van der Waals surface area contributed by atoms with E-state index >= 15 is 0 Å². The number of hydrogen-bond acceptors (Lipinski definition) is 11. The molecule has 0 radical (unpaired) electrons. The van der Waals surface area contributed by atoms with Crippen molar-refractivity contribution in [2.24, 2.45) is 0 Å². The summed E-state index contributed by atoms with van der Waals surface area (Å²) >= 11 is 0. The van der Waals surface area contributed by atoms with Gasteiger partial charge >= 0.3 is 10.1 Å². The van der Waals surface area contributed by atoms with E-state index in [2.05, 4.69) is 34.5 Å². The lowest BCUT2D eigenvalue weighted by atomic mass is 10.1. The van der Waals surface area contributed by atoms with Crippen LogP contribution in [0.2, 0.25) is 0 Å². The molecule has 7 rings (SSSR count). The number of nitrogens with zero attached hydrogens (tertiary/aromatic N) is 6. The molecule has 0 aliphatic carbocycles. The Morgan fingerprint density at radius 2 is 1.31 bits per heavy atom. The van der Waals surface area contributed by atoms with Crippen molar-refractivity contribution in [2.75, 3.05) is 37.6 Å². The van der Waals surface area contributed by atoms with Gasteiger partial charge in [-0.25, -0.2) is 23.1 Å². The van der Waals surface area contributed by atoms with Crippen molar-refractivity contribution in [3.63, 3.8) is 0 Å². The van der Waals surface area contributed by atoms with Gasteiger partial charge in [0.15, 0.2) is 0 Å². The molecule has 3 aromatic carbocycles. The van der Waals surface area contributed by atoms with Crippen LogP contribution in [-0.4, -0.2) is 80.4 Å². The van der Waals surface area contributed by atoms with Gasteiger partial charge < -0.3 is 9.08 Å². The zero-order valence-corrected chi connectivity index (χ0v) is 28.0. The van der Waals surface area contributed by atoms with Crippen molar-refractivity contribution in [1.82, 2.24) is 29.6 Å². The molecule has 6 aromatic rings. The Labute approximate surface area is 284 Å². The number of hydrogen-bond donors (Lipinski definition) is 1. The van der Waals surface area contributed by atoms with E-state index in [9.17, 15) is 16.8 Å². The molecule has 1 fully saturated rings. The maximum Gasteiger partial charge on any atom is 0.339 e. The van der Waals surface area contributed by atoms with E-state index in [0.717, 1.165) is 10.9 Å². The highest BCUT2D eigenvalue weighted by Crippen LogP contribution is 2.27. The Kier molecular flexibility index (Phi) is 9.19. The van der Waals surface area contributed by atoms with Crippen LogP contribution in [0.15, 0.2) is 126 Å². The van der Waals surface area contributed by atoms with Crippen LogP contribution in [0.3, 0.4) is 0 Å². The molecule has 3 aromatic heterocycles. The fraction of sp³-hybridized carbons (Fsp3) is 0.200. The minimum Gasteiger partial charge on any atom is -0.379 e. The average molecular weight is 696 g/mol. The van der Waals surface area contributed by atoms with Crippen LogP contribution in [0.4, 0.5) is 5.95 Å². The molecule has 1 saturated heterocycles. The molecule has 0 amide bonds. The zero-order chi connectivity index (χ0) is 33.8. The van der Waals surface area contributed by atoms with Crippen LogP contribution < -0.4 is 13.8 Å². The molecule has 1 aliphatic rings. The maximum atomic E-state index is 13.9. The summed E-state index contributed by atoms with van der Waals surface area (Å²) in [4.78, 5) is 21.5. The first-order chi connectivity index (χ1) is 23.7. The summed E-state index contributed by atoms with van der Waals surface area (Å²) in [6.07, 6.45) is 10.2. The first-order valence-electron chi connectivity index (χ1n) is 15.7. The Morgan fingerprint density at radius 1 is 0.694 bits per heavy atom. The van der Waals surface area contributed by atoms with Crippen molar-refractivity contribution in [1.29, 1.82) is 0 Å². The SMILES string of the molecule is O=S(=O)(NC(Cc1ccc(OS(=O)(=O)c2cccc3cnccc23)cc1)CN1CCN(c2ncccn2)CC1)c1cccc2cnccc12. The van der Waals surface area contributed by atoms with Gasteiger partial charge in [-0.3, -0.25) is 14.9 Å². The van der Waals surface area contributed by atoms with Crippen molar-refractivity contribution < 1.29 is 21.0 Å². The fourth-order valence-electron chi connectivity index (χ4n) is 6.10. The average Bonchev–Trinajstić information content (AvgIpc) is 3.12. The Morgan fingerprint density at radius 3 is 1.96 bits per heavy atom. The summed E-state index contributed by atoms with van der Waals surface area (Å²) in [5.41, 5.74) is 0.812. The van der Waals surface area contributed by atoms with Gasteiger partial charge in [0.2, 0.25) is 16.0 Å². The van der Waals surface area contributed by atoms with Gasteiger partial charge in [0.05, 0.1) is 4.90 Å². The van der Waals surface area contributed by atoms with E-state index in [0.29, 0.717) is 61.3 Å². The van der Waals surface area contributed by atoms with E-state index in [1.807, 2.05) is 6.07 Å². The lowest BCUT2D eigenvalue weighted by Gasteiger charge is -2.36. The van der Waals surface area contributed by atoms with E-state index in [4.69, 9.17) is 4.18 Å². The molecule has 250 valence electrons. The molecule has 1 atom stereocenters. The number of sulfonamides is 1. The molecule has 4 heterocycles. The predicted octanol–water partition coefficient (Wildman–Crippen LogP) is 4.05. The van der Waals surface area contributed by atoms with Crippen LogP contribution in [0.5, 0.6) is 5.75 Å². The summed E-state index contributed by atoms with van der Waals surface area (Å²) in [6.45, 7) is 3.26. The quantitative estimate of drug-likeness (QED) is 0.196. The van der Waals surface area contributed by atoms with Gasteiger partial charge in [-0.1, -0.05) is 36.4 Å². The van der Waals surface area contributed by atoms with Gasteiger partial charge in [-0.05, 0) is 54.4 Å². The highest BCUT2D eigenvalue weighted by atomic mass is 32.2. The largest absolute Gasteiger partial charge is 0.379 e. The number of nitrogens with one attached hydrogen (secondary N) is 1. The second-order valence-corrected chi connectivity index (χ2v) is 14.9. The summed E-state index contributed by atoms with van der Waals surface area (Å²) in [6, 6.07) is 21.4. The van der Waals surface area contributed by atoms with E-state index in [-0.39, 0.29) is 15.5 Å². The monoisotopic (exact) mass is 695 g/mol. The van der Waals surface area contributed by atoms with Crippen LogP contribution in [0, 0.1) is 0 Å². The molecule has 49 heavy (non-hydrogen) atoms. The van der Waals surface area contributed by atoms with Gasteiger partial charge in [0.1, 0.15) is 10.6 Å². The topological polar surface area (TPSA) is 148 Å². The number of aromatic nitrogens is 4. The van der Waals surface area contributed by atoms with E-state index in [1.165, 1.54) is 12.3 Å². The normalized spacial score (nSPS) is 15.0. The van der Waals surface area contributed by atoms with Gasteiger partial charge in [0.25, 0.3) is 0 Å². The Balaban J connectivity index is 1.10. The third-order valence-electron chi connectivity index (χ3n) is 8.46. The van der Waals surface area contributed by atoms with Crippen LogP contribution in [0.1, 0.15) is 5.56 Å². The highest BCUT2D eigenvalue weighted by Gasteiger charge is 2.27. The van der Waals surface area contributed by atoms with Crippen molar-refractivity contribution >= 4 is 47.6 Å². The predicted molar refractivity (Wildman–Crippen MR) is 186 cm³/mol. The number of pyridine rings is 2. The van der Waals surface area contributed by atoms with Gasteiger partial charge in [-0.2, -0.15) is 8.42 Å². The standard InChI is InChI=1S/C35H33N7O5S2/c43-48(44,33-6-1-4-27-23-36-16-12-31(27)33)40-29(25-41-18-20-42(21-19-41)35-38-14-3-15-39-35)22-26-8-10-30(11-9-26)47-49(45,46)34-7-2-5-28-24-37-17-13-32(28)34/h1-17,23-24,29,40H,18-22,25H2. The molecule has 0 spiro atoms. The van der Waals surface area contributed by atoms with Crippen molar-refractivity contribution in [3.8, 4) is 5.75 Å². The minimum absolute atomic E-state index is 0.0501. The van der Waals surface area contributed by atoms with Crippen molar-refractivity contribution in [2.45, 2.75) is 22.3 Å². The summed E-state index contributed by atoms with van der Waals surface area (Å²) in [7, 11) is -8.07. The third-order valence-corrected chi connectivity index (χ3v) is 11.3. The van der Waals surface area contributed by atoms with Crippen molar-refractivity contribution in [3.05, 3.63) is 122 Å². The molecule has 0 saturated carbocycles. The maximum absolute atomic E-state index is 13.9. The summed E-state index contributed by atoms with van der Waals surface area (Å²) in [5, 5.41) is 2.52. The number of rotatable bonds is 11. The molecule has 0 bridgehead atoms. The fourth-order valence-corrected chi connectivity index (χ4v) is 8.71. The van der Waals surface area contributed by atoms with Gasteiger partial charge in [-0.15, -0.1) is 0 Å². The van der Waals surface area contributed by atoms with E-state index < -0.39 is 26.2 Å². The zero-order valence-electron chi connectivity index (χ0n) is 26.3. The molecule has 1 N–H and O–H groups in total. The van der Waals surface area contributed by atoms with E-state index in [1.54, 1.807) is 97.7 Å². The molecular formula is C35H33N7O5S2. The number of anilines is 1. The summed E-state index contributed by atoms with van der Waals surface area (Å²) in [5.74, 6) is 0.821. The molecule has 1 aliphatic heterocycles. The minimum atomic E-state index is -4.14. The lowest BCUT2D eigenvalue weighted by Crippen LogP contribution is -2.52. The second-order valence-electron chi connectivity index (χ2n) is 11.7. The number of benzene rings is 3. The third kappa shape index (κ3) is 7.37. The second kappa shape index (κ2) is 13.8. The van der Waals surface area contributed by atoms with Crippen LogP contribution in [-0.2, 0) is 26.6 Å². The molecule has 1 unspecified atom stereocenters. The highest BCUT2D eigenvalue weighted by molar-refractivity contribution is 7.89. The first kappa shape index (κ1) is 32.5. The Hall–Kier alpha value is -5.02. The molecule has 14 heteroatoms. The number of fused-ring (bicyclic) bond motifs is 2. The first-order valence-corrected chi connectivity index (χ1v) is 18.6. The molecule has 12 nitrogen and oxygen atoms in total. The number of piperazine rings is 1. The summed E-state index contributed by atoms with van der Waals surface area (Å²) < 4.78 is 62.8. The Bertz CT molecular complexity index is 2290. The smallest absolute Gasteiger partial charge is 0.339 e. The molecular weight excluding hydrogens is 663 g/mol. The lowest BCUT2D eigenvalue weighted by molar-refractivity contribution is 0.235. The van der Waals surface area contributed by atoms with Crippen LogP contribution in [0.25, 0.3) is 21.5 Å².